The van der Waals surface area contributed by atoms with Crippen molar-refractivity contribution in [1.29, 1.82) is 0 Å². The molecular formula is C9H12ClF2N5. The monoisotopic (exact) mass is 263 g/mol. The zero-order chi connectivity index (χ0) is 12.5. The van der Waals surface area contributed by atoms with Gasteiger partial charge in [0.15, 0.2) is 0 Å². The van der Waals surface area contributed by atoms with Gasteiger partial charge in [-0.3, -0.25) is 0 Å². The van der Waals surface area contributed by atoms with Crippen molar-refractivity contribution in [3.05, 3.63) is 5.28 Å². The Labute approximate surface area is 102 Å². The Morgan fingerprint density at radius 1 is 1.29 bits per heavy atom. The Hall–Kier alpha value is -1.24. The van der Waals surface area contributed by atoms with Gasteiger partial charge in [0.25, 0.3) is 5.92 Å². The first kappa shape index (κ1) is 12.2. The third-order valence-corrected chi connectivity index (χ3v) is 2.54. The summed E-state index contributed by atoms with van der Waals surface area (Å²) >= 11 is 5.70. The minimum atomic E-state index is -2.57. The van der Waals surface area contributed by atoms with E-state index < -0.39 is 5.92 Å². The summed E-state index contributed by atoms with van der Waals surface area (Å²) in [6, 6.07) is -0.307. The normalized spacial score (nSPS) is 18.6. The Morgan fingerprint density at radius 2 is 1.94 bits per heavy atom. The number of nitrogens with one attached hydrogen (secondary N) is 2. The summed E-state index contributed by atoms with van der Waals surface area (Å²) in [5, 5.41) is 5.72. The molecule has 1 saturated carbocycles. The van der Waals surface area contributed by atoms with Gasteiger partial charge in [-0.25, -0.2) is 8.78 Å². The topological polar surface area (TPSA) is 62.7 Å². The molecule has 0 saturated heterocycles. The lowest BCUT2D eigenvalue weighted by Gasteiger charge is -2.35. The van der Waals surface area contributed by atoms with E-state index in [4.69, 9.17) is 11.6 Å². The average molecular weight is 264 g/mol. The fourth-order valence-electron chi connectivity index (χ4n) is 1.60. The second-order valence-corrected chi connectivity index (χ2v) is 4.23. The van der Waals surface area contributed by atoms with E-state index in [0.717, 1.165) is 0 Å². The zero-order valence-electron chi connectivity index (χ0n) is 9.17. The van der Waals surface area contributed by atoms with Crippen molar-refractivity contribution in [2.75, 3.05) is 17.2 Å². The van der Waals surface area contributed by atoms with E-state index in [-0.39, 0.29) is 30.1 Å². The smallest absolute Gasteiger partial charge is 0.252 e. The first-order valence-electron chi connectivity index (χ1n) is 5.28. The second kappa shape index (κ2) is 4.56. The quantitative estimate of drug-likeness (QED) is 0.872. The lowest BCUT2D eigenvalue weighted by molar-refractivity contribution is -0.0794. The van der Waals surface area contributed by atoms with Crippen molar-refractivity contribution in [3.63, 3.8) is 0 Å². The molecule has 0 bridgehead atoms. The molecule has 0 aliphatic heterocycles. The highest BCUT2D eigenvalue weighted by Crippen LogP contribution is 2.38. The van der Waals surface area contributed by atoms with Gasteiger partial charge >= 0.3 is 0 Å². The molecule has 1 aromatic rings. The van der Waals surface area contributed by atoms with Crippen LogP contribution in [0.5, 0.6) is 0 Å². The molecule has 2 N–H and O–H groups in total. The van der Waals surface area contributed by atoms with Gasteiger partial charge in [-0.1, -0.05) is 0 Å². The summed E-state index contributed by atoms with van der Waals surface area (Å²) in [5.74, 6) is -2.01. The molecule has 17 heavy (non-hydrogen) atoms. The van der Waals surface area contributed by atoms with Gasteiger partial charge in [0, 0.05) is 25.4 Å². The van der Waals surface area contributed by atoms with Crippen LogP contribution in [0.3, 0.4) is 0 Å². The van der Waals surface area contributed by atoms with Crippen LogP contribution in [0.4, 0.5) is 20.7 Å². The Morgan fingerprint density at radius 3 is 2.53 bits per heavy atom. The Kier molecular flexibility index (Phi) is 3.28. The third-order valence-electron chi connectivity index (χ3n) is 2.37. The number of anilines is 2. The van der Waals surface area contributed by atoms with Crippen LogP contribution in [0.2, 0.25) is 5.28 Å². The van der Waals surface area contributed by atoms with E-state index in [1.807, 2.05) is 6.92 Å². The number of nitrogens with zero attached hydrogens (tertiary/aromatic N) is 3. The molecule has 2 rings (SSSR count). The summed E-state index contributed by atoms with van der Waals surface area (Å²) in [6.07, 6.45) is -0.403. The van der Waals surface area contributed by atoms with Crippen molar-refractivity contribution in [3.8, 4) is 0 Å². The minimum absolute atomic E-state index is 0.0320. The maximum Gasteiger partial charge on any atom is 0.252 e. The molecule has 94 valence electrons. The van der Waals surface area contributed by atoms with Crippen molar-refractivity contribution in [2.24, 2.45) is 0 Å². The molecule has 1 aromatic heterocycles. The highest BCUT2D eigenvalue weighted by Gasteiger charge is 2.45. The van der Waals surface area contributed by atoms with Crippen molar-refractivity contribution in [1.82, 2.24) is 15.0 Å². The van der Waals surface area contributed by atoms with Crippen molar-refractivity contribution in [2.45, 2.75) is 31.7 Å². The number of hydrogen-bond acceptors (Lipinski definition) is 5. The molecular weight excluding hydrogens is 252 g/mol. The van der Waals surface area contributed by atoms with Crippen molar-refractivity contribution < 1.29 is 8.78 Å². The van der Waals surface area contributed by atoms with Crippen LogP contribution in [0.1, 0.15) is 19.8 Å². The van der Waals surface area contributed by atoms with Crippen LogP contribution in [0, 0.1) is 0 Å². The van der Waals surface area contributed by atoms with Gasteiger partial charge in [0.1, 0.15) is 0 Å². The molecule has 0 atom stereocenters. The number of hydrogen-bond donors (Lipinski definition) is 2. The minimum Gasteiger partial charge on any atom is -0.354 e. The lowest BCUT2D eigenvalue weighted by Crippen LogP contribution is -2.44. The predicted octanol–water partition coefficient (Wildman–Crippen LogP) is 2.17. The molecule has 8 heteroatoms. The van der Waals surface area contributed by atoms with Crippen molar-refractivity contribution >= 4 is 23.5 Å². The maximum absolute atomic E-state index is 12.6. The van der Waals surface area contributed by atoms with E-state index in [9.17, 15) is 8.78 Å². The number of aromatic nitrogens is 3. The van der Waals surface area contributed by atoms with Crippen LogP contribution in [0.15, 0.2) is 0 Å². The third kappa shape index (κ3) is 3.12. The molecule has 1 heterocycles. The van der Waals surface area contributed by atoms with Crippen LogP contribution < -0.4 is 10.6 Å². The van der Waals surface area contributed by atoms with E-state index in [2.05, 4.69) is 25.6 Å². The van der Waals surface area contributed by atoms with Crippen LogP contribution in [-0.4, -0.2) is 33.5 Å². The maximum atomic E-state index is 12.6. The van der Waals surface area contributed by atoms with E-state index in [1.165, 1.54) is 0 Å². The molecule has 1 aliphatic carbocycles. The second-order valence-electron chi connectivity index (χ2n) is 3.89. The Balaban J connectivity index is 2.01. The largest absolute Gasteiger partial charge is 0.354 e. The average Bonchev–Trinajstić information content (AvgIpc) is 2.14. The lowest BCUT2D eigenvalue weighted by atomic mass is 9.88. The molecule has 0 unspecified atom stereocenters. The summed E-state index contributed by atoms with van der Waals surface area (Å²) < 4.78 is 25.3. The summed E-state index contributed by atoms with van der Waals surface area (Å²) in [4.78, 5) is 11.7. The first-order chi connectivity index (χ1) is 7.98. The molecule has 0 radical (unpaired) electrons. The summed E-state index contributed by atoms with van der Waals surface area (Å²) in [5.41, 5.74) is 0. The van der Waals surface area contributed by atoms with Gasteiger partial charge in [-0.15, -0.1) is 0 Å². The number of halogens is 3. The first-order valence-corrected chi connectivity index (χ1v) is 5.66. The predicted molar refractivity (Wildman–Crippen MR) is 60.6 cm³/mol. The molecule has 1 aliphatic rings. The number of rotatable bonds is 4. The highest BCUT2D eigenvalue weighted by molar-refractivity contribution is 6.28. The van der Waals surface area contributed by atoms with Crippen LogP contribution in [-0.2, 0) is 0 Å². The van der Waals surface area contributed by atoms with Gasteiger partial charge in [-0.05, 0) is 18.5 Å². The van der Waals surface area contributed by atoms with Crippen LogP contribution >= 0.6 is 11.6 Å². The van der Waals surface area contributed by atoms with E-state index in [0.29, 0.717) is 12.5 Å². The van der Waals surface area contributed by atoms with Gasteiger partial charge in [0.05, 0.1) is 0 Å². The zero-order valence-corrected chi connectivity index (χ0v) is 9.93. The summed E-state index contributed by atoms with van der Waals surface area (Å²) in [6.45, 7) is 2.53. The van der Waals surface area contributed by atoms with E-state index >= 15 is 0 Å². The van der Waals surface area contributed by atoms with Gasteiger partial charge < -0.3 is 10.6 Å². The van der Waals surface area contributed by atoms with Crippen LogP contribution in [0.25, 0.3) is 0 Å². The highest BCUT2D eigenvalue weighted by atomic mass is 35.5. The standard InChI is InChI=1S/C9H12ClF2N5/c1-2-13-7-15-6(10)16-8(17-7)14-5-3-9(11,12)4-5/h5H,2-4H2,1H3,(H2,13,14,15,16,17). The SMILES string of the molecule is CCNc1nc(Cl)nc(NC2CC(F)(F)C2)n1. The van der Waals surface area contributed by atoms with Gasteiger partial charge in [0.2, 0.25) is 17.2 Å². The van der Waals surface area contributed by atoms with E-state index in [1.54, 1.807) is 0 Å². The fraction of sp³-hybridized carbons (Fsp3) is 0.667. The molecule has 0 spiro atoms. The number of alkyl halides is 2. The Bertz CT molecular complexity index is 406. The molecule has 0 aromatic carbocycles. The fourth-order valence-corrected chi connectivity index (χ4v) is 1.76. The molecule has 0 amide bonds. The van der Waals surface area contributed by atoms with Gasteiger partial charge in [-0.2, -0.15) is 15.0 Å². The summed E-state index contributed by atoms with van der Waals surface area (Å²) in [7, 11) is 0. The molecule has 5 nitrogen and oxygen atoms in total. The molecule has 1 fully saturated rings.